The van der Waals surface area contributed by atoms with Crippen LogP contribution in [0.2, 0.25) is 0 Å². The van der Waals surface area contributed by atoms with Gasteiger partial charge < -0.3 is 14.2 Å². The number of nitrogens with zero attached hydrogens (tertiary/aromatic N) is 1. The van der Waals surface area contributed by atoms with Gasteiger partial charge in [-0.05, 0) is 49.7 Å². The summed E-state index contributed by atoms with van der Waals surface area (Å²) in [5, 5.41) is 0. The van der Waals surface area contributed by atoms with Crippen molar-refractivity contribution in [3.8, 4) is 17.2 Å². The van der Waals surface area contributed by atoms with E-state index in [1.807, 2.05) is 0 Å². The molecule has 8 heteroatoms. The van der Waals surface area contributed by atoms with Crippen molar-refractivity contribution in [1.29, 1.82) is 0 Å². The van der Waals surface area contributed by atoms with E-state index < -0.39 is 21.9 Å². The number of hydrogen-bond donors (Lipinski definition) is 0. The third-order valence-corrected chi connectivity index (χ3v) is 7.29. The molecule has 0 amide bonds. The quantitative estimate of drug-likeness (QED) is 0.468. The van der Waals surface area contributed by atoms with Crippen molar-refractivity contribution in [1.82, 2.24) is 0 Å². The smallest absolute Gasteiger partial charge is 0.265 e. The summed E-state index contributed by atoms with van der Waals surface area (Å²) in [6.07, 6.45) is 0. The monoisotopic (exact) mass is 459 g/mol. The molecular weight excluding hydrogens is 433 g/mol. The lowest BCUT2D eigenvalue weighted by Crippen LogP contribution is -2.34. The Hall–Kier alpha value is -3.26. The van der Waals surface area contributed by atoms with Crippen LogP contribution in [0.1, 0.15) is 24.1 Å². The van der Waals surface area contributed by atoms with Crippen molar-refractivity contribution in [3.05, 3.63) is 77.6 Å². The Morgan fingerprint density at radius 2 is 1.50 bits per heavy atom. The highest BCUT2D eigenvalue weighted by Crippen LogP contribution is 2.40. The summed E-state index contributed by atoms with van der Waals surface area (Å²) < 4.78 is 59.3. The predicted octanol–water partition coefficient (Wildman–Crippen LogP) is 5.12. The second kappa shape index (κ2) is 9.48. The highest BCUT2D eigenvalue weighted by molar-refractivity contribution is 7.92. The summed E-state index contributed by atoms with van der Waals surface area (Å²) in [4.78, 5) is -0.117. The van der Waals surface area contributed by atoms with Crippen LogP contribution < -0.4 is 18.5 Å². The van der Waals surface area contributed by atoms with Gasteiger partial charge in [0.25, 0.3) is 10.0 Å². The first-order valence-corrected chi connectivity index (χ1v) is 11.3. The summed E-state index contributed by atoms with van der Waals surface area (Å²) in [6, 6.07) is 15.0. The largest absolute Gasteiger partial charge is 0.496 e. The van der Waals surface area contributed by atoms with Crippen LogP contribution in [0.15, 0.2) is 65.6 Å². The molecule has 0 N–H and O–H groups in total. The maximum atomic E-state index is 14.1. The highest BCUT2D eigenvalue weighted by atomic mass is 32.2. The molecular formula is C24H26FNO5S. The summed E-state index contributed by atoms with van der Waals surface area (Å²) in [5.74, 6) is 0.733. The van der Waals surface area contributed by atoms with Gasteiger partial charge in [0.1, 0.15) is 11.6 Å². The van der Waals surface area contributed by atoms with E-state index in [0.717, 1.165) is 6.07 Å². The number of benzene rings is 3. The van der Waals surface area contributed by atoms with E-state index in [2.05, 4.69) is 0 Å². The minimum absolute atomic E-state index is 0.117. The van der Waals surface area contributed by atoms with Gasteiger partial charge in [0, 0.05) is 11.6 Å². The fourth-order valence-electron chi connectivity index (χ4n) is 3.63. The molecule has 0 saturated heterocycles. The maximum Gasteiger partial charge on any atom is 0.265 e. The summed E-state index contributed by atoms with van der Waals surface area (Å²) in [7, 11) is 0.315. The number of aryl methyl sites for hydroxylation is 1. The van der Waals surface area contributed by atoms with Gasteiger partial charge in [-0.25, -0.2) is 12.8 Å². The lowest BCUT2D eigenvalue weighted by Gasteiger charge is -2.32. The van der Waals surface area contributed by atoms with Crippen molar-refractivity contribution in [3.63, 3.8) is 0 Å². The van der Waals surface area contributed by atoms with E-state index in [-0.39, 0.29) is 4.90 Å². The summed E-state index contributed by atoms with van der Waals surface area (Å²) in [5.41, 5.74) is 1.43. The Labute approximate surface area is 188 Å². The molecule has 6 nitrogen and oxygen atoms in total. The van der Waals surface area contributed by atoms with E-state index in [9.17, 15) is 12.8 Å². The van der Waals surface area contributed by atoms with Crippen LogP contribution in [-0.2, 0) is 10.0 Å². The molecule has 0 saturated carbocycles. The zero-order chi connectivity index (χ0) is 23.5. The van der Waals surface area contributed by atoms with E-state index >= 15 is 0 Å². The van der Waals surface area contributed by atoms with E-state index in [0.29, 0.717) is 34.1 Å². The minimum atomic E-state index is -4.18. The number of para-hydroxylation sites is 1. The Morgan fingerprint density at radius 3 is 2.16 bits per heavy atom. The predicted molar refractivity (Wildman–Crippen MR) is 122 cm³/mol. The standard InChI is InChI=1S/C24H26FNO5S/c1-16-10-11-18(25)14-24(16)32(27,28)26(17(2)20-8-6-7-9-21(20)29-3)19-12-13-22(30-4)23(15-19)31-5/h6-15,17H,1-5H3. The molecule has 1 atom stereocenters. The number of halogens is 1. The van der Waals surface area contributed by atoms with Gasteiger partial charge in [0.05, 0.1) is 38.0 Å². The molecule has 170 valence electrons. The average molecular weight is 460 g/mol. The van der Waals surface area contributed by atoms with Crippen molar-refractivity contribution in [2.75, 3.05) is 25.6 Å². The van der Waals surface area contributed by atoms with E-state index in [4.69, 9.17) is 14.2 Å². The van der Waals surface area contributed by atoms with Crippen molar-refractivity contribution in [2.45, 2.75) is 24.8 Å². The third-order valence-electron chi connectivity index (χ3n) is 5.25. The molecule has 3 aromatic rings. The van der Waals surface area contributed by atoms with Gasteiger partial charge in [0.2, 0.25) is 0 Å². The number of ether oxygens (including phenoxy) is 3. The number of sulfonamides is 1. The lowest BCUT2D eigenvalue weighted by molar-refractivity contribution is 0.355. The average Bonchev–Trinajstić information content (AvgIpc) is 2.80. The van der Waals surface area contributed by atoms with Crippen LogP contribution in [0.25, 0.3) is 0 Å². The lowest BCUT2D eigenvalue weighted by atomic mass is 10.1. The first kappa shape index (κ1) is 23.4. The fourth-order valence-corrected chi connectivity index (χ4v) is 5.50. The molecule has 0 radical (unpaired) electrons. The fraction of sp³-hybridized carbons (Fsp3) is 0.250. The van der Waals surface area contributed by atoms with Gasteiger partial charge in [-0.15, -0.1) is 0 Å². The van der Waals surface area contributed by atoms with Gasteiger partial charge in [-0.3, -0.25) is 4.31 Å². The molecule has 0 aliphatic rings. The molecule has 1 unspecified atom stereocenters. The normalized spacial score (nSPS) is 12.2. The van der Waals surface area contributed by atoms with Gasteiger partial charge in [0.15, 0.2) is 11.5 Å². The second-order valence-electron chi connectivity index (χ2n) is 7.17. The van der Waals surface area contributed by atoms with Crippen molar-refractivity contribution in [2.24, 2.45) is 0 Å². The Morgan fingerprint density at radius 1 is 0.844 bits per heavy atom. The summed E-state index contributed by atoms with van der Waals surface area (Å²) >= 11 is 0. The molecule has 32 heavy (non-hydrogen) atoms. The van der Waals surface area contributed by atoms with Crippen molar-refractivity contribution < 1.29 is 27.0 Å². The molecule has 0 bridgehead atoms. The topological polar surface area (TPSA) is 65.1 Å². The van der Waals surface area contributed by atoms with Crippen LogP contribution in [0.4, 0.5) is 10.1 Å². The molecule has 0 aliphatic heterocycles. The van der Waals surface area contributed by atoms with Gasteiger partial charge in [-0.1, -0.05) is 24.3 Å². The van der Waals surface area contributed by atoms with Crippen LogP contribution >= 0.6 is 0 Å². The Bertz CT molecular complexity index is 1210. The number of hydrogen-bond acceptors (Lipinski definition) is 5. The summed E-state index contributed by atoms with van der Waals surface area (Å²) in [6.45, 7) is 3.38. The Balaban J connectivity index is 2.28. The molecule has 3 rings (SSSR count). The number of anilines is 1. The second-order valence-corrected chi connectivity index (χ2v) is 8.95. The van der Waals surface area contributed by atoms with Crippen LogP contribution in [0, 0.1) is 12.7 Å². The zero-order valence-electron chi connectivity index (χ0n) is 18.6. The Kier molecular flexibility index (Phi) is 6.93. The maximum absolute atomic E-state index is 14.1. The van der Waals surface area contributed by atoms with Crippen LogP contribution in [0.3, 0.4) is 0 Å². The third kappa shape index (κ3) is 4.36. The molecule has 3 aromatic carbocycles. The zero-order valence-corrected chi connectivity index (χ0v) is 19.4. The van der Waals surface area contributed by atoms with Crippen molar-refractivity contribution >= 4 is 15.7 Å². The van der Waals surface area contributed by atoms with E-state index in [1.165, 1.54) is 37.8 Å². The molecule has 0 aliphatic carbocycles. The number of methoxy groups -OCH3 is 3. The number of rotatable bonds is 8. The first-order chi connectivity index (χ1) is 15.2. The molecule has 0 spiro atoms. The minimum Gasteiger partial charge on any atom is -0.496 e. The van der Waals surface area contributed by atoms with E-state index in [1.54, 1.807) is 56.3 Å². The first-order valence-electron chi connectivity index (χ1n) is 9.90. The molecule has 0 aromatic heterocycles. The van der Waals surface area contributed by atoms with Crippen LogP contribution in [-0.4, -0.2) is 29.7 Å². The molecule has 0 fully saturated rings. The van der Waals surface area contributed by atoms with Crippen LogP contribution in [0.5, 0.6) is 17.2 Å². The highest BCUT2D eigenvalue weighted by Gasteiger charge is 2.33. The van der Waals surface area contributed by atoms with Gasteiger partial charge in [-0.2, -0.15) is 0 Å². The van der Waals surface area contributed by atoms with Gasteiger partial charge >= 0.3 is 0 Å². The SMILES string of the molecule is COc1ccc(N(C(C)c2ccccc2OC)S(=O)(=O)c2cc(F)ccc2C)cc1OC. The molecule has 0 heterocycles.